The number of pyridine rings is 1. The van der Waals surface area contributed by atoms with Crippen LogP contribution in [0.1, 0.15) is 44.0 Å². The molecule has 0 saturated carbocycles. The molecule has 0 unspecified atom stereocenters. The molecule has 2 rings (SSSR count). The largest absolute Gasteiger partial charge is 0.465 e. The van der Waals surface area contributed by atoms with Gasteiger partial charge in [-0.3, -0.25) is 0 Å². The smallest absolute Gasteiger partial charge is 0.410 e. The van der Waals surface area contributed by atoms with Gasteiger partial charge in [0.05, 0.1) is 7.11 Å². The van der Waals surface area contributed by atoms with Crippen molar-refractivity contribution < 1.29 is 19.1 Å². The van der Waals surface area contributed by atoms with E-state index in [1.165, 1.54) is 7.11 Å². The number of amides is 1. The first-order chi connectivity index (χ1) is 12.1. The summed E-state index contributed by atoms with van der Waals surface area (Å²) in [6.07, 6.45) is 2.90. The van der Waals surface area contributed by atoms with Crippen LogP contribution in [0.25, 0.3) is 0 Å². The molecule has 7 nitrogen and oxygen atoms in total. The Morgan fingerprint density at radius 1 is 1.31 bits per heavy atom. The highest BCUT2D eigenvalue weighted by Gasteiger charge is 2.30. The Morgan fingerprint density at radius 2 is 1.92 bits per heavy atom. The van der Waals surface area contributed by atoms with Crippen molar-refractivity contribution in [2.75, 3.05) is 32.1 Å². The summed E-state index contributed by atoms with van der Waals surface area (Å²) in [5, 5.41) is 0. The van der Waals surface area contributed by atoms with Gasteiger partial charge in [-0.05, 0) is 55.6 Å². The molecule has 1 aromatic rings. The van der Waals surface area contributed by atoms with E-state index in [0.717, 1.165) is 17.3 Å². The summed E-state index contributed by atoms with van der Waals surface area (Å²) in [5.41, 5.74) is -0.0798. The van der Waals surface area contributed by atoms with Crippen LogP contribution in [0.15, 0.2) is 16.7 Å². The van der Waals surface area contributed by atoms with E-state index in [1.54, 1.807) is 24.2 Å². The molecule has 1 amide bonds. The topological polar surface area (TPSA) is 72.0 Å². The number of methoxy groups -OCH3 is 1. The van der Waals surface area contributed by atoms with Gasteiger partial charge >= 0.3 is 12.1 Å². The van der Waals surface area contributed by atoms with Crippen LogP contribution in [-0.2, 0) is 9.47 Å². The maximum absolute atomic E-state index is 12.2. The van der Waals surface area contributed by atoms with Crippen molar-refractivity contribution in [3.05, 3.63) is 22.3 Å². The minimum absolute atomic E-state index is 0.0955. The zero-order valence-electron chi connectivity index (χ0n) is 15.9. The highest BCUT2D eigenvalue weighted by molar-refractivity contribution is 9.10. The number of piperidine rings is 1. The van der Waals surface area contributed by atoms with Gasteiger partial charge in [-0.2, -0.15) is 0 Å². The first kappa shape index (κ1) is 20.5. The van der Waals surface area contributed by atoms with E-state index in [4.69, 9.17) is 9.47 Å². The standard InChI is InChI=1S/C18H26BrN3O4/c1-18(2,3)26-17(24)21(4)13-6-8-22(9-7-13)15-14(16(23)25-5)10-12(19)11-20-15/h10-11,13H,6-9H2,1-5H3. The summed E-state index contributed by atoms with van der Waals surface area (Å²) < 4.78 is 11.0. The van der Waals surface area contributed by atoms with Crippen molar-refractivity contribution >= 4 is 33.8 Å². The van der Waals surface area contributed by atoms with Crippen LogP contribution in [-0.4, -0.2) is 60.8 Å². The van der Waals surface area contributed by atoms with Crippen molar-refractivity contribution in [2.24, 2.45) is 0 Å². The number of hydrogen-bond acceptors (Lipinski definition) is 6. The second kappa shape index (κ2) is 8.24. The Bertz CT molecular complexity index is 667. The number of esters is 1. The van der Waals surface area contributed by atoms with Crippen LogP contribution in [0.5, 0.6) is 0 Å². The Kier molecular flexibility index (Phi) is 6.49. The monoisotopic (exact) mass is 427 g/mol. The number of aromatic nitrogens is 1. The lowest BCUT2D eigenvalue weighted by Crippen LogP contribution is -2.47. The second-order valence-corrected chi connectivity index (χ2v) is 8.24. The third-order valence-corrected chi connectivity index (χ3v) is 4.67. The molecule has 26 heavy (non-hydrogen) atoms. The zero-order valence-corrected chi connectivity index (χ0v) is 17.5. The number of carbonyl (C=O) groups is 2. The van der Waals surface area contributed by atoms with E-state index in [0.29, 0.717) is 24.5 Å². The summed E-state index contributed by atoms with van der Waals surface area (Å²) >= 11 is 3.34. The van der Waals surface area contributed by atoms with Gasteiger partial charge in [-0.15, -0.1) is 0 Å². The van der Waals surface area contributed by atoms with Crippen LogP contribution < -0.4 is 4.90 Å². The Morgan fingerprint density at radius 3 is 2.46 bits per heavy atom. The summed E-state index contributed by atoms with van der Waals surface area (Å²) in [4.78, 5) is 32.4. The molecule has 1 aromatic heterocycles. The Labute approximate surface area is 162 Å². The molecule has 0 atom stereocenters. The summed E-state index contributed by atoms with van der Waals surface area (Å²) in [6.45, 7) is 6.95. The van der Waals surface area contributed by atoms with Crippen LogP contribution in [0, 0.1) is 0 Å². The van der Waals surface area contributed by atoms with Gasteiger partial charge in [0, 0.05) is 36.8 Å². The zero-order chi connectivity index (χ0) is 19.5. The third kappa shape index (κ3) is 5.09. The lowest BCUT2D eigenvalue weighted by molar-refractivity contribution is 0.0200. The number of anilines is 1. The fourth-order valence-corrected chi connectivity index (χ4v) is 3.22. The van der Waals surface area contributed by atoms with Crippen molar-refractivity contribution in [1.82, 2.24) is 9.88 Å². The van der Waals surface area contributed by atoms with E-state index in [9.17, 15) is 9.59 Å². The normalized spacial score (nSPS) is 15.5. The van der Waals surface area contributed by atoms with Gasteiger partial charge in [0.2, 0.25) is 0 Å². The predicted octanol–water partition coefficient (Wildman–Crippen LogP) is 3.47. The number of ether oxygens (including phenoxy) is 2. The van der Waals surface area contributed by atoms with Crippen molar-refractivity contribution in [1.29, 1.82) is 0 Å². The molecule has 0 aromatic carbocycles. The van der Waals surface area contributed by atoms with Crippen LogP contribution in [0.3, 0.4) is 0 Å². The lowest BCUT2D eigenvalue weighted by Gasteiger charge is -2.38. The Hall–Kier alpha value is -1.83. The number of rotatable bonds is 3. The quantitative estimate of drug-likeness (QED) is 0.687. The van der Waals surface area contributed by atoms with Crippen LogP contribution in [0.2, 0.25) is 0 Å². The summed E-state index contributed by atoms with van der Waals surface area (Å²) in [7, 11) is 3.13. The third-order valence-electron chi connectivity index (χ3n) is 4.23. The SMILES string of the molecule is COC(=O)c1cc(Br)cnc1N1CCC(N(C)C(=O)OC(C)(C)C)CC1. The predicted molar refractivity (Wildman–Crippen MR) is 103 cm³/mol. The molecule has 1 aliphatic rings. The minimum Gasteiger partial charge on any atom is -0.465 e. The van der Waals surface area contributed by atoms with Crippen LogP contribution in [0.4, 0.5) is 10.6 Å². The fourth-order valence-electron chi connectivity index (χ4n) is 2.89. The Balaban J connectivity index is 2.05. The number of halogens is 1. The van der Waals surface area contributed by atoms with Gasteiger partial charge in [-0.1, -0.05) is 0 Å². The maximum Gasteiger partial charge on any atom is 0.410 e. The molecule has 1 fully saturated rings. The van der Waals surface area contributed by atoms with E-state index in [-0.39, 0.29) is 12.1 Å². The van der Waals surface area contributed by atoms with Gasteiger partial charge in [0.25, 0.3) is 0 Å². The molecule has 0 bridgehead atoms. The molecular formula is C18H26BrN3O4. The molecular weight excluding hydrogens is 402 g/mol. The number of nitrogens with zero attached hydrogens (tertiary/aromatic N) is 3. The molecule has 1 saturated heterocycles. The first-order valence-corrected chi connectivity index (χ1v) is 9.36. The average molecular weight is 428 g/mol. The van der Waals surface area contributed by atoms with Crippen molar-refractivity contribution in [2.45, 2.75) is 45.3 Å². The maximum atomic E-state index is 12.2. The molecule has 8 heteroatoms. The fraction of sp³-hybridized carbons (Fsp3) is 0.611. The molecule has 2 heterocycles. The second-order valence-electron chi connectivity index (χ2n) is 7.33. The van der Waals surface area contributed by atoms with Crippen molar-refractivity contribution in [3.8, 4) is 0 Å². The van der Waals surface area contributed by atoms with E-state index in [2.05, 4.69) is 25.8 Å². The van der Waals surface area contributed by atoms with Gasteiger partial charge < -0.3 is 19.3 Å². The molecule has 1 aliphatic heterocycles. The number of carbonyl (C=O) groups excluding carboxylic acids is 2. The average Bonchev–Trinajstić information content (AvgIpc) is 2.59. The number of hydrogen-bond donors (Lipinski definition) is 0. The van der Waals surface area contributed by atoms with Gasteiger partial charge in [0.1, 0.15) is 17.0 Å². The highest BCUT2D eigenvalue weighted by Crippen LogP contribution is 2.27. The van der Waals surface area contributed by atoms with Gasteiger partial charge in [0.15, 0.2) is 0 Å². The summed E-state index contributed by atoms with van der Waals surface area (Å²) in [6, 6.07) is 1.81. The van der Waals surface area contributed by atoms with E-state index < -0.39 is 11.6 Å². The molecule has 0 aliphatic carbocycles. The molecule has 144 valence electrons. The van der Waals surface area contributed by atoms with Crippen molar-refractivity contribution in [3.63, 3.8) is 0 Å². The molecule has 0 N–H and O–H groups in total. The lowest BCUT2D eigenvalue weighted by atomic mass is 10.0. The first-order valence-electron chi connectivity index (χ1n) is 8.57. The summed E-state index contributed by atoms with van der Waals surface area (Å²) in [5.74, 6) is 0.195. The minimum atomic E-state index is -0.511. The highest BCUT2D eigenvalue weighted by atomic mass is 79.9. The van der Waals surface area contributed by atoms with Crippen LogP contribution >= 0.6 is 15.9 Å². The van der Waals surface area contributed by atoms with E-state index >= 15 is 0 Å². The van der Waals surface area contributed by atoms with Gasteiger partial charge in [-0.25, -0.2) is 14.6 Å². The molecule has 0 radical (unpaired) electrons. The molecule has 0 spiro atoms. The van der Waals surface area contributed by atoms with E-state index in [1.807, 2.05) is 20.8 Å².